The minimum Gasteiger partial charge on any atom is -0.508 e. The minimum atomic E-state index is -0.751. The molecule has 0 bridgehead atoms. The van der Waals surface area contributed by atoms with Gasteiger partial charge in [0.25, 0.3) is 0 Å². The Morgan fingerprint density at radius 2 is 1.82 bits per heavy atom. The number of halogens is 1. The molecule has 3 amide bonds. The Balaban J connectivity index is 1.59. The number of amides is 3. The van der Waals surface area contributed by atoms with Gasteiger partial charge in [-0.3, -0.25) is 14.4 Å². The van der Waals surface area contributed by atoms with E-state index in [9.17, 15) is 23.9 Å². The van der Waals surface area contributed by atoms with Gasteiger partial charge in [-0.15, -0.1) is 0 Å². The fourth-order valence-electron chi connectivity index (χ4n) is 4.83. The van der Waals surface area contributed by atoms with E-state index in [4.69, 9.17) is 5.73 Å². The molecule has 0 radical (unpaired) electrons. The van der Waals surface area contributed by atoms with Gasteiger partial charge in [-0.1, -0.05) is 24.3 Å². The van der Waals surface area contributed by atoms with Crippen molar-refractivity contribution in [1.82, 2.24) is 15.5 Å². The molecule has 4 atom stereocenters. The summed E-state index contributed by atoms with van der Waals surface area (Å²) in [6.45, 7) is 0.706. The first-order valence-corrected chi connectivity index (χ1v) is 11.5. The Labute approximate surface area is 197 Å². The summed E-state index contributed by atoms with van der Waals surface area (Å²) in [5.74, 6) is -1.73. The molecule has 2 aliphatic heterocycles. The lowest BCUT2D eigenvalue weighted by molar-refractivity contribution is -0.149. The molecule has 9 heteroatoms. The van der Waals surface area contributed by atoms with Crippen molar-refractivity contribution in [1.29, 1.82) is 0 Å². The van der Waals surface area contributed by atoms with Gasteiger partial charge in [-0.25, -0.2) is 4.39 Å². The number of hydrogen-bond donors (Lipinski definition) is 4. The fourth-order valence-corrected chi connectivity index (χ4v) is 4.83. The molecule has 0 spiro atoms. The van der Waals surface area contributed by atoms with Crippen molar-refractivity contribution in [2.24, 2.45) is 11.7 Å². The first-order chi connectivity index (χ1) is 16.4. The lowest BCUT2D eigenvalue weighted by Crippen LogP contribution is -2.61. The van der Waals surface area contributed by atoms with E-state index in [1.807, 2.05) is 0 Å². The van der Waals surface area contributed by atoms with Crippen LogP contribution in [0.3, 0.4) is 0 Å². The summed E-state index contributed by atoms with van der Waals surface area (Å²) < 4.78 is 13.2. The van der Waals surface area contributed by atoms with Crippen LogP contribution in [-0.4, -0.2) is 46.4 Å². The normalized spacial score (nSPS) is 24.0. The van der Waals surface area contributed by atoms with E-state index in [0.29, 0.717) is 24.9 Å². The van der Waals surface area contributed by atoms with E-state index in [1.165, 1.54) is 24.3 Å². The van der Waals surface area contributed by atoms with Crippen LogP contribution < -0.4 is 16.4 Å². The second-order valence-electron chi connectivity index (χ2n) is 8.83. The van der Waals surface area contributed by atoms with Crippen molar-refractivity contribution >= 4 is 17.7 Å². The van der Waals surface area contributed by atoms with Gasteiger partial charge in [0.05, 0.1) is 12.0 Å². The molecule has 0 unspecified atom stereocenters. The molecule has 2 fully saturated rings. The van der Waals surface area contributed by atoms with Crippen LogP contribution in [0.4, 0.5) is 4.39 Å². The minimum absolute atomic E-state index is 0.0676. The summed E-state index contributed by atoms with van der Waals surface area (Å²) in [6.07, 6.45) is 2.12. The maximum Gasteiger partial charge on any atom is 0.246 e. The van der Waals surface area contributed by atoms with Crippen molar-refractivity contribution in [3.63, 3.8) is 0 Å². The van der Waals surface area contributed by atoms with Crippen LogP contribution in [0.25, 0.3) is 0 Å². The van der Waals surface area contributed by atoms with Gasteiger partial charge in [0.2, 0.25) is 17.7 Å². The van der Waals surface area contributed by atoms with Crippen LogP contribution in [0, 0.1) is 11.7 Å². The third kappa shape index (κ3) is 4.89. The number of carbonyl (C=O) groups excluding carboxylic acids is 3. The van der Waals surface area contributed by atoms with E-state index < -0.39 is 24.0 Å². The highest BCUT2D eigenvalue weighted by Crippen LogP contribution is 2.43. The number of nitrogens with zero attached hydrogens (tertiary/aromatic N) is 1. The Kier molecular flexibility index (Phi) is 7.12. The molecular weight excluding hydrogens is 439 g/mol. The van der Waals surface area contributed by atoms with Gasteiger partial charge in [0.15, 0.2) is 0 Å². The highest BCUT2D eigenvalue weighted by Gasteiger charge is 2.54. The number of piperazine rings is 1. The topological polar surface area (TPSA) is 125 Å². The molecular formula is C25H29FN4O4. The molecule has 2 saturated heterocycles. The Morgan fingerprint density at radius 3 is 2.50 bits per heavy atom. The Hall–Kier alpha value is -3.46. The zero-order chi connectivity index (χ0) is 24.2. The molecule has 180 valence electrons. The number of nitrogens with one attached hydrogen (secondary N) is 2. The molecule has 2 heterocycles. The van der Waals surface area contributed by atoms with Gasteiger partial charge in [0.1, 0.15) is 23.7 Å². The lowest BCUT2D eigenvalue weighted by atomic mass is 9.92. The number of aromatic hydroxyl groups is 1. The molecule has 2 aromatic carbocycles. The predicted molar refractivity (Wildman–Crippen MR) is 123 cm³/mol. The van der Waals surface area contributed by atoms with Crippen molar-refractivity contribution in [2.75, 3.05) is 6.54 Å². The predicted octanol–water partition coefficient (Wildman–Crippen LogP) is 1.73. The number of rotatable bonds is 8. The second kappa shape index (κ2) is 10.2. The van der Waals surface area contributed by atoms with Crippen molar-refractivity contribution in [3.05, 3.63) is 65.5 Å². The summed E-state index contributed by atoms with van der Waals surface area (Å²) in [4.78, 5) is 41.2. The lowest BCUT2D eigenvalue weighted by Gasteiger charge is -2.38. The van der Waals surface area contributed by atoms with Gasteiger partial charge in [-0.2, -0.15) is 0 Å². The molecule has 4 rings (SSSR count). The second-order valence-corrected chi connectivity index (χ2v) is 8.83. The maximum atomic E-state index is 13.4. The number of phenolic OH excluding ortho intramolecular Hbond substituents is 1. The summed E-state index contributed by atoms with van der Waals surface area (Å²) >= 11 is 0. The maximum absolute atomic E-state index is 13.4. The fraction of sp³-hybridized carbons (Fsp3) is 0.400. The summed E-state index contributed by atoms with van der Waals surface area (Å²) in [7, 11) is 0. The molecule has 8 nitrogen and oxygen atoms in total. The SMILES string of the molecule is NCCCC[C@@H]1NC(=O)[C@H]2C[C@@H](C(=O)NCc3ccc(F)cc3)[C@@H](c3ccc(O)cc3)N2C1=O. The van der Waals surface area contributed by atoms with Crippen LogP contribution >= 0.6 is 0 Å². The quantitative estimate of drug-likeness (QED) is 0.439. The standard InChI is InChI=1S/C25H29FN4O4/c26-17-8-4-15(5-9-17)14-28-23(32)19-13-21-24(33)29-20(3-1-2-12-27)25(34)30(21)22(19)16-6-10-18(31)11-7-16/h4-11,19-22,31H,1-3,12-14,27H2,(H,28,32)(H,29,33)/t19-,20+,21-,22-/m1/s1. The molecule has 2 aliphatic rings. The molecule has 0 aromatic heterocycles. The van der Waals surface area contributed by atoms with Crippen LogP contribution in [0.5, 0.6) is 5.75 Å². The highest BCUT2D eigenvalue weighted by molar-refractivity contribution is 5.99. The monoisotopic (exact) mass is 468 g/mol. The van der Waals surface area contributed by atoms with E-state index in [-0.39, 0.29) is 42.3 Å². The Bertz CT molecular complexity index is 1040. The number of carbonyl (C=O) groups is 3. The highest BCUT2D eigenvalue weighted by atomic mass is 19.1. The number of nitrogens with two attached hydrogens (primary N) is 1. The number of unbranched alkanes of at least 4 members (excludes halogenated alkanes) is 1. The van der Waals surface area contributed by atoms with Crippen LogP contribution in [0.2, 0.25) is 0 Å². The summed E-state index contributed by atoms with van der Waals surface area (Å²) in [5, 5.41) is 15.4. The first kappa shape index (κ1) is 23.7. The van der Waals surface area contributed by atoms with E-state index in [1.54, 1.807) is 29.2 Å². The average Bonchev–Trinajstić information content (AvgIpc) is 3.24. The Morgan fingerprint density at radius 1 is 1.12 bits per heavy atom. The van der Waals surface area contributed by atoms with E-state index >= 15 is 0 Å². The zero-order valence-electron chi connectivity index (χ0n) is 18.7. The van der Waals surface area contributed by atoms with Crippen molar-refractivity contribution in [3.8, 4) is 5.75 Å². The van der Waals surface area contributed by atoms with Gasteiger partial charge >= 0.3 is 0 Å². The van der Waals surface area contributed by atoms with Crippen LogP contribution in [-0.2, 0) is 20.9 Å². The van der Waals surface area contributed by atoms with E-state index in [2.05, 4.69) is 10.6 Å². The molecule has 2 aromatic rings. The third-order valence-electron chi connectivity index (χ3n) is 6.56. The molecule has 0 saturated carbocycles. The van der Waals surface area contributed by atoms with Crippen molar-refractivity contribution < 1.29 is 23.9 Å². The average molecular weight is 469 g/mol. The van der Waals surface area contributed by atoms with Crippen LogP contribution in [0.15, 0.2) is 48.5 Å². The van der Waals surface area contributed by atoms with Crippen molar-refractivity contribution in [2.45, 2.75) is 50.4 Å². The number of benzene rings is 2. The van der Waals surface area contributed by atoms with Gasteiger partial charge in [-0.05, 0) is 67.6 Å². The van der Waals surface area contributed by atoms with Crippen LogP contribution in [0.1, 0.15) is 42.9 Å². The summed E-state index contributed by atoms with van der Waals surface area (Å²) in [5.41, 5.74) is 6.97. The number of fused-ring (bicyclic) bond motifs is 1. The zero-order valence-corrected chi connectivity index (χ0v) is 18.7. The largest absolute Gasteiger partial charge is 0.508 e. The molecule has 0 aliphatic carbocycles. The molecule has 5 N–H and O–H groups in total. The number of hydrogen-bond acceptors (Lipinski definition) is 5. The van der Waals surface area contributed by atoms with Gasteiger partial charge in [0, 0.05) is 6.54 Å². The first-order valence-electron chi connectivity index (χ1n) is 11.5. The van der Waals surface area contributed by atoms with E-state index in [0.717, 1.165) is 12.0 Å². The summed E-state index contributed by atoms with van der Waals surface area (Å²) in [6, 6.07) is 10.1. The smallest absolute Gasteiger partial charge is 0.246 e. The third-order valence-corrected chi connectivity index (χ3v) is 6.56. The van der Waals surface area contributed by atoms with Gasteiger partial charge < -0.3 is 26.4 Å². The number of phenols is 1. The molecule has 34 heavy (non-hydrogen) atoms.